The van der Waals surface area contributed by atoms with Crippen molar-refractivity contribution in [1.82, 2.24) is 4.98 Å². The van der Waals surface area contributed by atoms with Gasteiger partial charge in [-0.05, 0) is 34.4 Å². The van der Waals surface area contributed by atoms with Gasteiger partial charge in [-0.1, -0.05) is 61.5 Å². The SMILES string of the molecule is C[C](c1ccncc1)c1ccccc1-c1ccccc1. The van der Waals surface area contributed by atoms with Gasteiger partial charge in [-0.2, -0.15) is 0 Å². The Morgan fingerprint density at radius 3 is 2.15 bits per heavy atom. The molecule has 3 rings (SSSR count). The van der Waals surface area contributed by atoms with Crippen LogP contribution in [0.4, 0.5) is 0 Å². The summed E-state index contributed by atoms with van der Waals surface area (Å²) in [5, 5.41) is 0. The molecule has 0 fully saturated rings. The third-order valence-electron chi connectivity index (χ3n) is 3.53. The number of hydrogen-bond acceptors (Lipinski definition) is 1. The van der Waals surface area contributed by atoms with Gasteiger partial charge in [-0.25, -0.2) is 0 Å². The molecular formula is C19H16N. The van der Waals surface area contributed by atoms with Crippen molar-refractivity contribution >= 4 is 0 Å². The molecule has 0 spiro atoms. The topological polar surface area (TPSA) is 12.9 Å². The van der Waals surface area contributed by atoms with Crippen LogP contribution in [0.3, 0.4) is 0 Å². The predicted octanol–water partition coefficient (Wildman–Crippen LogP) is 4.74. The van der Waals surface area contributed by atoms with Gasteiger partial charge in [0, 0.05) is 18.3 Å². The van der Waals surface area contributed by atoms with Crippen LogP contribution in [-0.4, -0.2) is 4.98 Å². The number of hydrogen-bond donors (Lipinski definition) is 0. The van der Waals surface area contributed by atoms with Crippen LogP contribution in [0.1, 0.15) is 18.1 Å². The summed E-state index contributed by atoms with van der Waals surface area (Å²) in [5.74, 6) is 1.27. The van der Waals surface area contributed by atoms with Crippen LogP contribution in [0.2, 0.25) is 0 Å². The van der Waals surface area contributed by atoms with Gasteiger partial charge >= 0.3 is 0 Å². The molecule has 20 heavy (non-hydrogen) atoms. The number of aromatic nitrogens is 1. The summed E-state index contributed by atoms with van der Waals surface area (Å²) < 4.78 is 0. The molecular weight excluding hydrogens is 242 g/mol. The van der Waals surface area contributed by atoms with Crippen LogP contribution in [0, 0.1) is 5.92 Å². The van der Waals surface area contributed by atoms with Crippen LogP contribution in [0.5, 0.6) is 0 Å². The van der Waals surface area contributed by atoms with E-state index in [1.54, 1.807) is 0 Å². The van der Waals surface area contributed by atoms with Gasteiger partial charge < -0.3 is 0 Å². The van der Waals surface area contributed by atoms with Gasteiger partial charge in [0.2, 0.25) is 0 Å². The van der Waals surface area contributed by atoms with Crippen LogP contribution in [-0.2, 0) is 0 Å². The van der Waals surface area contributed by atoms with Crippen molar-refractivity contribution in [3.8, 4) is 11.1 Å². The van der Waals surface area contributed by atoms with E-state index in [4.69, 9.17) is 0 Å². The molecule has 1 aromatic heterocycles. The van der Waals surface area contributed by atoms with Crippen molar-refractivity contribution < 1.29 is 0 Å². The fourth-order valence-corrected chi connectivity index (χ4v) is 2.44. The number of pyridine rings is 1. The second-order valence-corrected chi connectivity index (χ2v) is 4.77. The lowest BCUT2D eigenvalue weighted by Crippen LogP contribution is -1.99. The summed E-state index contributed by atoms with van der Waals surface area (Å²) in [6, 6.07) is 23.1. The molecule has 0 saturated heterocycles. The third-order valence-corrected chi connectivity index (χ3v) is 3.53. The minimum absolute atomic E-state index is 1.21. The Bertz CT molecular complexity index is 674. The molecule has 0 amide bonds. The van der Waals surface area contributed by atoms with E-state index in [1.165, 1.54) is 28.2 Å². The molecule has 0 aliphatic heterocycles. The average molecular weight is 258 g/mol. The molecule has 0 atom stereocenters. The van der Waals surface area contributed by atoms with E-state index < -0.39 is 0 Å². The first-order valence-corrected chi connectivity index (χ1v) is 6.75. The highest BCUT2D eigenvalue weighted by molar-refractivity contribution is 5.71. The molecule has 97 valence electrons. The zero-order valence-corrected chi connectivity index (χ0v) is 11.5. The largest absolute Gasteiger partial charge is 0.265 e. The van der Waals surface area contributed by atoms with E-state index in [-0.39, 0.29) is 0 Å². The molecule has 0 aliphatic rings. The van der Waals surface area contributed by atoms with Gasteiger partial charge in [0.25, 0.3) is 0 Å². The third kappa shape index (κ3) is 2.48. The van der Waals surface area contributed by atoms with Gasteiger partial charge in [-0.15, -0.1) is 0 Å². The Morgan fingerprint density at radius 2 is 1.40 bits per heavy atom. The van der Waals surface area contributed by atoms with Crippen LogP contribution in [0.15, 0.2) is 79.1 Å². The quantitative estimate of drug-likeness (QED) is 0.661. The van der Waals surface area contributed by atoms with Crippen LogP contribution in [0.25, 0.3) is 11.1 Å². The predicted molar refractivity (Wildman–Crippen MR) is 83.2 cm³/mol. The van der Waals surface area contributed by atoms with Crippen molar-refractivity contribution in [3.63, 3.8) is 0 Å². The van der Waals surface area contributed by atoms with Crippen LogP contribution >= 0.6 is 0 Å². The zero-order valence-electron chi connectivity index (χ0n) is 11.5. The Morgan fingerprint density at radius 1 is 0.750 bits per heavy atom. The summed E-state index contributed by atoms with van der Waals surface area (Å²) in [5.41, 5.74) is 4.99. The van der Waals surface area contributed by atoms with E-state index >= 15 is 0 Å². The molecule has 0 bridgehead atoms. The maximum atomic E-state index is 4.09. The first-order chi connectivity index (χ1) is 9.86. The minimum Gasteiger partial charge on any atom is -0.265 e. The van der Waals surface area contributed by atoms with E-state index in [9.17, 15) is 0 Å². The van der Waals surface area contributed by atoms with Crippen molar-refractivity contribution in [2.45, 2.75) is 6.92 Å². The molecule has 1 heterocycles. The first kappa shape index (κ1) is 12.6. The second kappa shape index (κ2) is 5.70. The van der Waals surface area contributed by atoms with E-state index in [1.807, 2.05) is 18.5 Å². The first-order valence-electron chi connectivity index (χ1n) is 6.75. The molecule has 2 aromatic carbocycles. The second-order valence-electron chi connectivity index (χ2n) is 4.77. The highest BCUT2D eigenvalue weighted by Gasteiger charge is 2.13. The maximum Gasteiger partial charge on any atom is 0.0316 e. The summed E-state index contributed by atoms with van der Waals surface area (Å²) in [6.07, 6.45) is 3.67. The monoisotopic (exact) mass is 258 g/mol. The molecule has 3 aromatic rings. The molecule has 1 radical (unpaired) electrons. The van der Waals surface area contributed by atoms with Gasteiger partial charge in [0.1, 0.15) is 0 Å². The zero-order chi connectivity index (χ0) is 13.8. The van der Waals surface area contributed by atoms with Gasteiger partial charge in [0.15, 0.2) is 0 Å². The van der Waals surface area contributed by atoms with E-state index in [2.05, 4.69) is 72.6 Å². The number of rotatable bonds is 3. The van der Waals surface area contributed by atoms with Crippen molar-refractivity contribution in [2.24, 2.45) is 0 Å². The highest BCUT2D eigenvalue weighted by Crippen LogP contribution is 2.31. The smallest absolute Gasteiger partial charge is 0.0316 e. The molecule has 0 saturated carbocycles. The van der Waals surface area contributed by atoms with Gasteiger partial charge in [0.05, 0.1) is 0 Å². The Hall–Kier alpha value is -2.41. The molecule has 1 heteroatoms. The number of nitrogens with zero attached hydrogens (tertiary/aromatic N) is 1. The fraction of sp³-hybridized carbons (Fsp3) is 0.0526. The van der Waals surface area contributed by atoms with E-state index in [0.29, 0.717) is 0 Å². The summed E-state index contributed by atoms with van der Waals surface area (Å²) in [4.78, 5) is 4.09. The standard InChI is InChI=1S/C19H16N/c1-15(16-11-13-20-14-12-16)18-9-5-6-10-19(18)17-7-3-2-4-8-17/h2-14H,1H3. The molecule has 0 N–H and O–H groups in total. The highest BCUT2D eigenvalue weighted by atomic mass is 14.6. The van der Waals surface area contributed by atoms with Crippen LogP contribution < -0.4 is 0 Å². The average Bonchev–Trinajstić information content (AvgIpc) is 2.56. The Balaban J connectivity index is 2.07. The van der Waals surface area contributed by atoms with Crippen molar-refractivity contribution in [3.05, 3.63) is 96.2 Å². The molecule has 1 nitrogen and oxygen atoms in total. The van der Waals surface area contributed by atoms with Gasteiger partial charge in [-0.3, -0.25) is 4.98 Å². The van der Waals surface area contributed by atoms with Crippen molar-refractivity contribution in [2.75, 3.05) is 0 Å². The molecule has 0 unspecified atom stereocenters. The van der Waals surface area contributed by atoms with Crippen molar-refractivity contribution in [1.29, 1.82) is 0 Å². The molecule has 0 aliphatic carbocycles. The lowest BCUT2D eigenvalue weighted by atomic mass is 9.87. The fourth-order valence-electron chi connectivity index (χ4n) is 2.44. The lowest BCUT2D eigenvalue weighted by molar-refractivity contribution is 1.17. The lowest BCUT2D eigenvalue weighted by Gasteiger charge is -2.16. The maximum absolute atomic E-state index is 4.09. The normalized spacial score (nSPS) is 10.7. The summed E-state index contributed by atoms with van der Waals surface area (Å²) in [6.45, 7) is 2.16. The summed E-state index contributed by atoms with van der Waals surface area (Å²) in [7, 11) is 0. The Kier molecular flexibility index (Phi) is 3.60. The van der Waals surface area contributed by atoms with E-state index in [0.717, 1.165) is 0 Å². The summed E-state index contributed by atoms with van der Waals surface area (Å²) >= 11 is 0. The number of benzene rings is 2. The Labute approximate surface area is 119 Å². The minimum atomic E-state index is 1.21.